The number of carbonyl (C=O) groups is 4. The van der Waals surface area contributed by atoms with E-state index in [0.717, 1.165) is 27.7 Å². The molecule has 0 unspecified atom stereocenters. The average molecular weight is 410 g/mol. The minimum Gasteiger partial charge on any atom is -0.508 e. The molecule has 1 aromatic carbocycles. The molecule has 0 heterocycles. The standard InChI is InChI=1S/C6H6O2.C2H8N2.4C2H4O2/c7-5-2-1-3-6(8)4-5;3-1-2-4;4*1-2(3)4/h1-4,7-8H;1-4H2;4*1H3,(H,3,4). The quantitative estimate of drug-likeness (QED) is 0.313. The number of hydrogen-bond donors (Lipinski definition) is 8. The maximum Gasteiger partial charge on any atom is 0.300 e. The molecule has 0 fully saturated rings. The fourth-order valence-electron chi connectivity index (χ4n) is 0.493. The number of phenolic OH excluding ortho intramolecular Hbond substituents is 2. The topological polar surface area (TPSA) is 242 Å². The molecule has 1 aromatic rings. The van der Waals surface area contributed by atoms with Crippen LogP contribution in [0.15, 0.2) is 24.3 Å². The summed E-state index contributed by atoms with van der Waals surface area (Å²) >= 11 is 0. The Morgan fingerprint density at radius 3 is 0.929 bits per heavy atom. The van der Waals surface area contributed by atoms with E-state index in [-0.39, 0.29) is 11.5 Å². The van der Waals surface area contributed by atoms with E-state index in [1.54, 1.807) is 6.07 Å². The molecule has 0 saturated heterocycles. The van der Waals surface area contributed by atoms with Gasteiger partial charge in [0.15, 0.2) is 0 Å². The summed E-state index contributed by atoms with van der Waals surface area (Å²) in [7, 11) is 0. The van der Waals surface area contributed by atoms with Crippen molar-refractivity contribution in [3.8, 4) is 11.5 Å². The molecule has 10 N–H and O–H groups in total. The van der Waals surface area contributed by atoms with E-state index in [4.69, 9.17) is 61.3 Å². The third kappa shape index (κ3) is 182. The van der Waals surface area contributed by atoms with Gasteiger partial charge in [-0.25, -0.2) is 0 Å². The Morgan fingerprint density at radius 1 is 0.679 bits per heavy atom. The second-order valence-electron chi connectivity index (χ2n) is 4.17. The second kappa shape index (κ2) is 28.4. The number of rotatable bonds is 1. The first-order valence-corrected chi connectivity index (χ1v) is 7.30. The zero-order chi connectivity index (χ0) is 23.7. The lowest BCUT2D eigenvalue weighted by Gasteiger charge is -1.89. The van der Waals surface area contributed by atoms with Crippen LogP contribution in [0.25, 0.3) is 0 Å². The van der Waals surface area contributed by atoms with Crippen LogP contribution < -0.4 is 11.5 Å². The summed E-state index contributed by atoms with van der Waals surface area (Å²) in [5.41, 5.74) is 9.81. The van der Waals surface area contributed by atoms with Crippen molar-refractivity contribution in [2.75, 3.05) is 13.1 Å². The van der Waals surface area contributed by atoms with Crippen molar-refractivity contribution < 1.29 is 49.8 Å². The molecular weight excluding hydrogens is 380 g/mol. The van der Waals surface area contributed by atoms with Crippen LogP contribution in [0.5, 0.6) is 11.5 Å². The van der Waals surface area contributed by atoms with E-state index in [1.165, 1.54) is 18.2 Å². The summed E-state index contributed by atoms with van der Waals surface area (Å²) < 4.78 is 0. The number of nitrogens with two attached hydrogens (primary N) is 2. The lowest BCUT2D eigenvalue weighted by atomic mass is 10.3. The van der Waals surface area contributed by atoms with Crippen molar-refractivity contribution in [1.29, 1.82) is 0 Å². The van der Waals surface area contributed by atoms with Crippen LogP contribution in [0.2, 0.25) is 0 Å². The molecule has 12 heteroatoms. The minimum atomic E-state index is -0.833. The van der Waals surface area contributed by atoms with E-state index >= 15 is 0 Å². The van der Waals surface area contributed by atoms with E-state index in [9.17, 15) is 0 Å². The van der Waals surface area contributed by atoms with Gasteiger partial charge in [-0.1, -0.05) is 6.07 Å². The Morgan fingerprint density at radius 2 is 0.857 bits per heavy atom. The predicted octanol–water partition coefficient (Wildman–Crippen LogP) is 0.365. The van der Waals surface area contributed by atoms with Crippen LogP contribution >= 0.6 is 0 Å². The lowest BCUT2D eigenvalue weighted by Crippen LogP contribution is -2.11. The third-order valence-electron chi connectivity index (χ3n) is 0.996. The fraction of sp³-hybridized carbons (Fsp3) is 0.375. The molecule has 0 amide bonds. The molecule has 0 aliphatic rings. The Balaban J connectivity index is -0.0000000786. The van der Waals surface area contributed by atoms with Gasteiger partial charge < -0.3 is 42.1 Å². The van der Waals surface area contributed by atoms with E-state index in [2.05, 4.69) is 0 Å². The fourth-order valence-corrected chi connectivity index (χ4v) is 0.493. The highest BCUT2D eigenvalue weighted by Crippen LogP contribution is 2.14. The molecule has 0 bridgehead atoms. The largest absolute Gasteiger partial charge is 0.508 e. The number of aromatic hydroxyl groups is 2. The van der Waals surface area contributed by atoms with Crippen LogP contribution in [-0.2, 0) is 19.2 Å². The first kappa shape index (κ1) is 35.7. The zero-order valence-corrected chi connectivity index (χ0v) is 16.2. The lowest BCUT2D eigenvalue weighted by molar-refractivity contribution is -0.135. The minimum absolute atomic E-state index is 0.0880. The maximum absolute atomic E-state index is 9.00. The zero-order valence-electron chi connectivity index (χ0n) is 16.2. The Bertz CT molecular complexity index is 453. The van der Waals surface area contributed by atoms with Gasteiger partial charge in [-0.3, -0.25) is 19.2 Å². The van der Waals surface area contributed by atoms with Gasteiger partial charge in [0.05, 0.1) is 0 Å². The van der Waals surface area contributed by atoms with Crippen LogP contribution in [0.1, 0.15) is 27.7 Å². The molecule has 0 atom stereocenters. The van der Waals surface area contributed by atoms with Crippen LogP contribution in [-0.4, -0.2) is 67.6 Å². The van der Waals surface area contributed by atoms with Crippen molar-refractivity contribution in [1.82, 2.24) is 0 Å². The molecule has 164 valence electrons. The van der Waals surface area contributed by atoms with Gasteiger partial charge in [0.25, 0.3) is 23.9 Å². The molecule has 0 radical (unpaired) electrons. The molecule has 0 aliphatic heterocycles. The maximum atomic E-state index is 9.00. The summed E-state index contributed by atoms with van der Waals surface area (Å²) in [6.07, 6.45) is 0. The SMILES string of the molecule is CC(=O)O.CC(=O)O.CC(=O)O.CC(=O)O.NCCN.Oc1cccc(O)c1. The molecular formula is C16H30N2O10. The Hall–Kier alpha value is -3.38. The van der Waals surface area contributed by atoms with Gasteiger partial charge in [-0.05, 0) is 12.1 Å². The van der Waals surface area contributed by atoms with Gasteiger partial charge in [0, 0.05) is 46.9 Å². The van der Waals surface area contributed by atoms with E-state index in [0.29, 0.717) is 13.1 Å². The normalized spacial score (nSPS) is 7.21. The predicted molar refractivity (Wildman–Crippen MR) is 101 cm³/mol. The number of benzene rings is 1. The number of aliphatic carboxylic acids is 4. The molecule has 0 saturated carbocycles. The molecule has 1 rings (SSSR count). The van der Waals surface area contributed by atoms with Crippen molar-refractivity contribution in [3.63, 3.8) is 0 Å². The second-order valence-corrected chi connectivity index (χ2v) is 4.17. The first-order chi connectivity index (χ1) is 12.6. The smallest absolute Gasteiger partial charge is 0.300 e. The Kier molecular flexibility index (Phi) is 36.2. The van der Waals surface area contributed by atoms with Crippen molar-refractivity contribution >= 4 is 23.9 Å². The van der Waals surface area contributed by atoms with Crippen molar-refractivity contribution in [2.24, 2.45) is 11.5 Å². The molecule has 0 spiro atoms. The summed E-state index contributed by atoms with van der Waals surface area (Å²) in [6, 6.07) is 5.85. The highest BCUT2D eigenvalue weighted by molar-refractivity contribution is 5.63. The number of carboxylic acids is 4. The first-order valence-electron chi connectivity index (χ1n) is 7.30. The summed E-state index contributed by atoms with van der Waals surface area (Å²) in [6.45, 7) is 5.53. The summed E-state index contributed by atoms with van der Waals surface area (Å²) in [5.74, 6) is -3.16. The molecule has 0 aromatic heterocycles. The van der Waals surface area contributed by atoms with E-state index in [1.807, 2.05) is 0 Å². The number of hydrogen-bond acceptors (Lipinski definition) is 8. The van der Waals surface area contributed by atoms with Gasteiger partial charge in [-0.2, -0.15) is 0 Å². The highest BCUT2D eigenvalue weighted by atomic mass is 16.4. The van der Waals surface area contributed by atoms with Gasteiger partial charge in [-0.15, -0.1) is 0 Å². The number of phenols is 2. The monoisotopic (exact) mass is 410 g/mol. The number of carboxylic acid groups (broad SMARTS) is 4. The average Bonchev–Trinajstić information content (AvgIpc) is 2.45. The van der Waals surface area contributed by atoms with Crippen molar-refractivity contribution in [3.05, 3.63) is 24.3 Å². The van der Waals surface area contributed by atoms with Crippen LogP contribution in [0, 0.1) is 0 Å². The van der Waals surface area contributed by atoms with E-state index < -0.39 is 23.9 Å². The summed E-state index contributed by atoms with van der Waals surface area (Å²) in [5, 5.41) is 47.0. The third-order valence-corrected chi connectivity index (χ3v) is 0.996. The van der Waals surface area contributed by atoms with Crippen LogP contribution in [0.3, 0.4) is 0 Å². The molecule has 28 heavy (non-hydrogen) atoms. The van der Waals surface area contributed by atoms with Gasteiger partial charge in [0.2, 0.25) is 0 Å². The van der Waals surface area contributed by atoms with Gasteiger partial charge in [0.1, 0.15) is 11.5 Å². The summed E-state index contributed by atoms with van der Waals surface area (Å²) in [4.78, 5) is 36.0. The van der Waals surface area contributed by atoms with Crippen LogP contribution in [0.4, 0.5) is 0 Å². The highest BCUT2D eigenvalue weighted by Gasteiger charge is 1.85. The molecule has 12 nitrogen and oxygen atoms in total. The molecule has 0 aliphatic carbocycles. The van der Waals surface area contributed by atoms with Crippen molar-refractivity contribution in [2.45, 2.75) is 27.7 Å². The Labute approximate surface area is 162 Å². The van der Waals surface area contributed by atoms with Gasteiger partial charge >= 0.3 is 0 Å².